The third kappa shape index (κ3) is 3.97. The van der Waals surface area contributed by atoms with E-state index in [0.717, 1.165) is 34.9 Å². The smallest absolute Gasteiger partial charge is 0.0887 e. The normalized spacial score (nSPS) is 14.6. The first-order valence-corrected chi connectivity index (χ1v) is 14.1. The van der Waals surface area contributed by atoms with Crippen LogP contribution in [0.1, 0.15) is 34.6 Å². The number of hydrogen-bond donors (Lipinski definition) is 0. The summed E-state index contributed by atoms with van der Waals surface area (Å²) in [7, 11) is 0. The molecule has 0 amide bonds. The molecule has 41 heavy (non-hydrogen) atoms. The molecule has 0 aliphatic heterocycles. The van der Waals surface area contributed by atoms with Gasteiger partial charge in [-0.2, -0.15) is 0 Å². The number of nitrogens with zero attached hydrogens (tertiary/aromatic N) is 3. The SMILES string of the molecule is C1=C(c2cccc(N(c3ccccc3)c3ccc(-c4ccccn4)nc3)c2)c2cccc3c2C(C1)c1ccccc1-3. The molecule has 2 aromatic heterocycles. The second-order valence-corrected chi connectivity index (χ2v) is 10.6. The van der Waals surface area contributed by atoms with Crippen molar-refractivity contribution in [2.24, 2.45) is 0 Å². The van der Waals surface area contributed by atoms with Gasteiger partial charge in [-0.05, 0) is 93.9 Å². The Morgan fingerprint density at radius 1 is 0.561 bits per heavy atom. The average Bonchev–Trinajstić information content (AvgIpc) is 3.38. The zero-order valence-corrected chi connectivity index (χ0v) is 22.5. The molecule has 3 nitrogen and oxygen atoms in total. The number of para-hydroxylation sites is 1. The fourth-order valence-electron chi connectivity index (χ4n) is 6.50. The van der Waals surface area contributed by atoms with Crippen molar-refractivity contribution in [2.45, 2.75) is 12.3 Å². The van der Waals surface area contributed by atoms with Gasteiger partial charge in [0.1, 0.15) is 0 Å². The molecule has 0 N–H and O–H groups in total. The number of hydrogen-bond acceptors (Lipinski definition) is 3. The van der Waals surface area contributed by atoms with E-state index in [-0.39, 0.29) is 0 Å². The summed E-state index contributed by atoms with van der Waals surface area (Å²) in [6.45, 7) is 0. The van der Waals surface area contributed by atoms with Crippen molar-refractivity contribution >= 4 is 22.6 Å². The van der Waals surface area contributed by atoms with Gasteiger partial charge in [-0.3, -0.25) is 9.97 Å². The standard InChI is InChI=1S/C38H27N3/c1-2-11-27(12-3-1)41(29-19-22-37(40-25-29)36-18-6-7-23-39-36)28-13-8-10-26(24-28)30-20-21-35-32-15-5-4-14-31(32)34-17-9-16-33(30)38(34)35/h1-20,22-25,35H,21H2. The lowest BCUT2D eigenvalue weighted by molar-refractivity contribution is 0.840. The molecule has 0 radical (unpaired) electrons. The molecule has 194 valence electrons. The highest BCUT2D eigenvalue weighted by Gasteiger charge is 2.33. The Balaban J connectivity index is 1.21. The van der Waals surface area contributed by atoms with E-state index in [1.807, 2.05) is 30.5 Å². The second-order valence-electron chi connectivity index (χ2n) is 10.6. The quantitative estimate of drug-likeness (QED) is 0.224. The number of anilines is 3. The predicted molar refractivity (Wildman–Crippen MR) is 168 cm³/mol. The highest BCUT2D eigenvalue weighted by Crippen LogP contribution is 2.52. The van der Waals surface area contributed by atoms with E-state index < -0.39 is 0 Å². The van der Waals surface area contributed by atoms with E-state index in [4.69, 9.17) is 4.98 Å². The van der Waals surface area contributed by atoms with Crippen molar-refractivity contribution in [2.75, 3.05) is 4.90 Å². The number of pyridine rings is 2. The minimum absolute atomic E-state index is 0.439. The molecule has 0 saturated carbocycles. The zero-order valence-electron chi connectivity index (χ0n) is 22.5. The minimum Gasteiger partial charge on any atom is -0.309 e. The monoisotopic (exact) mass is 525 g/mol. The molecule has 8 rings (SSSR count). The summed E-state index contributed by atoms with van der Waals surface area (Å²) in [5.41, 5.74) is 14.5. The number of fused-ring (bicyclic) bond motifs is 3. The highest BCUT2D eigenvalue weighted by molar-refractivity contribution is 5.92. The summed E-state index contributed by atoms with van der Waals surface area (Å²) in [5.74, 6) is 0.439. The van der Waals surface area contributed by atoms with Gasteiger partial charge in [-0.15, -0.1) is 0 Å². The van der Waals surface area contributed by atoms with E-state index in [0.29, 0.717) is 5.92 Å². The van der Waals surface area contributed by atoms with Gasteiger partial charge in [0.15, 0.2) is 0 Å². The first kappa shape index (κ1) is 23.6. The van der Waals surface area contributed by atoms with Crippen LogP contribution in [-0.4, -0.2) is 9.97 Å². The summed E-state index contributed by atoms with van der Waals surface area (Å²) < 4.78 is 0. The van der Waals surface area contributed by atoms with Crippen LogP contribution < -0.4 is 4.90 Å². The number of allylic oxidation sites excluding steroid dienone is 1. The van der Waals surface area contributed by atoms with Gasteiger partial charge < -0.3 is 4.90 Å². The molecule has 4 aromatic carbocycles. The lowest BCUT2D eigenvalue weighted by Gasteiger charge is -2.27. The fraction of sp³-hybridized carbons (Fsp3) is 0.0526. The van der Waals surface area contributed by atoms with Crippen LogP contribution in [0.4, 0.5) is 17.1 Å². The Labute approximate surface area is 240 Å². The lowest BCUT2D eigenvalue weighted by atomic mass is 9.80. The third-order valence-corrected chi connectivity index (χ3v) is 8.29. The van der Waals surface area contributed by atoms with Crippen LogP contribution in [0.15, 0.2) is 146 Å². The topological polar surface area (TPSA) is 29.0 Å². The van der Waals surface area contributed by atoms with E-state index in [1.165, 1.54) is 39.0 Å². The summed E-state index contributed by atoms with van der Waals surface area (Å²) in [6.07, 6.45) is 7.20. The fourth-order valence-corrected chi connectivity index (χ4v) is 6.50. The summed E-state index contributed by atoms with van der Waals surface area (Å²) in [4.78, 5) is 11.5. The maximum Gasteiger partial charge on any atom is 0.0887 e. The highest BCUT2D eigenvalue weighted by atomic mass is 15.1. The van der Waals surface area contributed by atoms with Gasteiger partial charge in [0.05, 0.1) is 23.3 Å². The molecule has 2 aliphatic rings. The van der Waals surface area contributed by atoms with Crippen LogP contribution in [0.25, 0.3) is 28.1 Å². The van der Waals surface area contributed by atoms with Gasteiger partial charge in [0.2, 0.25) is 0 Å². The van der Waals surface area contributed by atoms with Crippen molar-refractivity contribution in [3.63, 3.8) is 0 Å². The average molecular weight is 526 g/mol. The van der Waals surface area contributed by atoms with E-state index >= 15 is 0 Å². The van der Waals surface area contributed by atoms with E-state index in [9.17, 15) is 0 Å². The molecule has 1 unspecified atom stereocenters. The Morgan fingerprint density at radius 3 is 2.17 bits per heavy atom. The van der Waals surface area contributed by atoms with Crippen molar-refractivity contribution < 1.29 is 0 Å². The predicted octanol–water partition coefficient (Wildman–Crippen LogP) is 9.56. The van der Waals surface area contributed by atoms with Crippen LogP contribution in [-0.2, 0) is 0 Å². The van der Waals surface area contributed by atoms with Gasteiger partial charge in [0, 0.05) is 23.5 Å². The van der Waals surface area contributed by atoms with Crippen molar-refractivity contribution in [3.05, 3.63) is 168 Å². The van der Waals surface area contributed by atoms with Gasteiger partial charge in [-0.25, -0.2) is 0 Å². The van der Waals surface area contributed by atoms with Crippen molar-refractivity contribution in [3.8, 4) is 22.5 Å². The Morgan fingerprint density at radius 2 is 1.32 bits per heavy atom. The maximum atomic E-state index is 4.79. The first-order valence-electron chi connectivity index (χ1n) is 14.1. The molecular weight excluding hydrogens is 498 g/mol. The third-order valence-electron chi connectivity index (χ3n) is 8.29. The summed E-state index contributed by atoms with van der Waals surface area (Å²) >= 11 is 0. The molecule has 0 saturated heterocycles. The van der Waals surface area contributed by atoms with E-state index in [2.05, 4.69) is 119 Å². The lowest BCUT2D eigenvalue weighted by Crippen LogP contribution is -2.11. The van der Waals surface area contributed by atoms with Crippen molar-refractivity contribution in [1.29, 1.82) is 0 Å². The van der Waals surface area contributed by atoms with Crippen LogP contribution in [0.3, 0.4) is 0 Å². The van der Waals surface area contributed by atoms with Crippen LogP contribution in [0.2, 0.25) is 0 Å². The largest absolute Gasteiger partial charge is 0.309 e. The molecule has 0 spiro atoms. The molecular formula is C38H27N3. The molecule has 1 atom stereocenters. The number of benzene rings is 4. The Kier molecular flexibility index (Phi) is 5.60. The summed E-state index contributed by atoms with van der Waals surface area (Å²) in [6, 6.07) is 45.2. The van der Waals surface area contributed by atoms with Crippen LogP contribution >= 0.6 is 0 Å². The minimum atomic E-state index is 0.439. The van der Waals surface area contributed by atoms with Crippen molar-refractivity contribution in [1.82, 2.24) is 9.97 Å². The van der Waals surface area contributed by atoms with Crippen LogP contribution in [0.5, 0.6) is 0 Å². The number of rotatable bonds is 5. The summed E-state index contributed by atoms with van der Waals surface area (Å²) in [5, 5.41) is 0. The molecule has 0 bridgehead atoms. The molecule has 0 fully saturated rings. The molecule has 6 aromatic rings. The van der Waals surface area contributed by atoms with Gasteiger partial charge in [0.25, 0.3) is 0 Å². The first-order chi connectivity index (χ1) is 20.3. The van der Waals surface area contributed by atoms with Crippen LogP contribution in [0, 0.1) is 0 Å². The molecule has 3 heteroatoms. The Bertz CT molecular complexity index is 1910. The second kappa shape index (κ2) is 9.72. The molecule has 2 aliphatic carbocycles. The maximum absolute atomic E-state index is 4.79. The Hall–Kier alpha value is -5.28. The zero-order chi connectivity index (χ0) is 27.2. The number of aromatic nitrogens is 2. The van der Waals surface area contributed by atoms with Gasteiger partial charge >= 0.3 is 0 Å². The van der Waals surface area contributed by atoms with E-state index in [1.54, 1.807) is 6.20 Å². The van der Waals surface area contributed by atoms with Gasteiger partial charge in [-0.1, -0.05) is 84.9 Å². The molecule has 2 heterocycles.